The highest BCUT2D eigenvalue weighted by atomic mass is 79.9. The van der Waals surface area contributed by atoms with Crippen molar-refractivity contribution in [2.45, 2.75) is 63.1 Å². The number of benzene rings is 1. The molecule has 2 aromatic rings. The van der Waals surface area contributed by atoms with Gasteiger partial charge in [-0.25, -0.2) is 9.59 Å². The lowest BCUT2D eigenvalue weighted by molar-refractivity contribution is -0.141. The van der Waals surface area contributed by atoms with E-state index < -0.39 is 24.4 Å². The molecule has 9 nitrogen and oxygen atoms in total. The van der Waals surface area contributed by atoms with Crippen LogP contribution in [0, 0.1) is 11.8 Å². The highest BCUT2D eigenvalue weighted by molar-refractivity contribution is 9.10. The lowest BCUT2D eigenvalue weighted by atomic mass is 9.76. The molecule has 12 heteroatoms. The Bertz CT molecular complexity index is 1320. The highest BCUT2D eigenvalue weighted by Gasteiger charge is 2.41. The number of aromatic nitrogens is 1. The summed E-state index contributed by atoms with van der Waals surface area (Å²) in [6, 6.07) is 6.19. The number of amides is 3. The van der Waals surface area contributed by atoms with Gasteiger partial charge in [-0.3, -0.25) is 9.78 Å². The van der Waals surface area contributed by atoms with E-state index in [1.165, 1.54) is 16.7 Å². The second-order valence-electron chi connectivity index (χ2n) is 10.8. The minimum Gasteiger partial charge on any atom is -0.442 e. The Hall–Kier alpha value is -2.37. The van der Waals surface area contributed by atoms with Crippen molar-refractivity contribution >= 4 is 61.6 Å². The van der Waals surface area contributed by atoms with E-state index in [0.717, 1.165) is 40.3 Å². The minimum atomic E-state index is -0.978. The van der Waals surface area contributed by atoms with Crippen molar-refractivity contribution in [2.24, 2.45) is 23.3 Å². The van der Waals surface area contributed by atoms with Gasteiger partial charge in [0.05, 0.1) is 5.69 Å². The van der Waals surface area contributed by atoms with Crippen LogP contribution in [0.2, 0.25) is 5.02 Å². The molecule has 2 fully saturated rings. The first-order valence-corrected chi connectivity index (χ1v) is 15.4. The van der Waals surface area contributed by atoms with Crippen LogP contribution in [0.5, 0.6) is 0 Å². The van der Waals surface area contributed by atoms with Crippen molar-refractivity contribution in [1.82, 2.24) is 9.88 Å². The number of halogens is 3. The Kier molecular flexibility index (Phi) is 8.92. The summed E-state index contributed by atoms with van der Waals surface area (Å²) in [6.45, 7) is 1.23. The Morgan fingerprint density at radius 3 is 2.30 bits per heavy atom. The molecule has 1 saturated carbocycles. The number of primary amides is 2. The summed E-state index contributed by atoms with van der Waals surface area (Å²) in [6.07, 6.45) is 2.92. The molecule has 0 radical (unpaired) electrons. The smallest absolute Gasteiger partial charge is 0.404 e. The number of carbonyl (C=O) groups is 3. The maximum absolute atomic E-state index is 13.6. The molecular formula is C28H31Br2ClN4O5. The molecule has 3 aliphatic rings. The zero-order valence-electron chi connectivity index (χ0n) is 21.8. The van der Waals surface area contributed by atoms with E-state index in [0.29, 0.717) is 31.0 Å². The van der Waals surface area contributed by atoms with Crippen LogP contribution in [0.4, 0.5) is 9.59 Å². The maximum atomic E-state index is 13.6. The SMILES string of the molecule is NC(=O)OC1CCC(C(=O)N2CCC([C@H]3c4ncc(Br)cc4CCc4cc(Cl)cc(Br)c43)CC2)CC1OC(N)=O. The summed E-state index contributed by atoms with van der Waals surface area (Å²) in [4.78, 5) is 43.1. The molecule has 214 valence electrons. The fourth-order valence-corrected chi connectivity index (χ4v) is 8.12. The van der Waals surface area contributed by atoms with Gasteiger partial charge in [-0.05, 0) is 102 Å². The van der Waals surface area contributed by atoms with Crippen LogP contribution in [0.3, 0.4) is 0 Å². The predicted octanol–water partition coefficient (Wildman–Crippen LogP) is 5.46. The maximum Gasteiger partial charge on any atom is 0.404 e. The van der Waals surface area contributed by atoms with Crippen molar-refractivity contribution in [1.29, 1.82) is 0 Å². The van der Waals surface area contributed by atoms with E-state index in [1.807, 2.05) is 17.2 Å². The number of rotatable bonds is 4. The van der Waals surface area contributed by atoms with Gasteiger partial charge in [-0.2, -0.15) is 0 Å². The largest absolute Gasteiger partial charge is 0.442 e. The number of nitrogens with two attached hydrogens (primary N) is 2. The molecule has 4 N–H and O–H groups in total. The third-order valence-electron chi connectivity index (χ3n) is 8.36. The van der Waals surface area contributed by atoms with E-state index in [9.17, 15) is 14.4 Å². The second-order valence-corrected chi connectivity index (χ2v) is 13.0. The van der Waals surface area contributed by atoms with Gasteiger partial charge in [0.25, 0.3) is 0 Å². The number of ether oxygens (including phenoxy) is 2. The van der Waals surface area contributed by atoms with E-state index in [4.69, 9.17) is 37.5 Å². The number of nitrogens with zero attached hydrogens (tertiary/aromatic N) is 2. The molecule has 40 heavy (non-hydrogen) atoms. The van der Waals surface area contributed by atoms with Crippen LogP contribution in [-0.4, -0.2) is 53.3 Å². The van der Waals surface area contributed by atoms with E-state index in [2.05, 4.69) is 44.0 Å². The number of carbonyl (C=O) groups excluding carboxylic acids is 3. The zero-order chi connectivity index (χ0) is 28.6. The normalized spacial score (nSPS) is 24.8. The summed E-state index contributed by atoms with van der Waals surface area (Å²) in [5.41, 5.74) is 15.2. The average molecular weight is 699 g/mol. The molecule has 1 aromatic heterocycles. The summed E-state index contributed by atoms with van der Waals surface area (Å²) >= 11 is 13.8. The Balaban J connectivity index is 1.33. The topological polar surface area (TPSA) is 138 Å². The summed E-state index contributed by atoms with van der Waals surface area (Å²) in [5.74, 6) is 0.0321. The van der Waals surface area contributed by atoms with Crippen LogP contribution < -0.4 is 11.5 Å². The van der Waals surface area contributed by atoms with Crippen LogP contribution in [0.15, 0.2) is 33.3 Å². The summed E-state index contributed by atoms with van der Waals surface area (Å²) < 4.78 is 12.3. The third-order valence-corrected chi connectivity index (χ3v) is 9.66. The molecule has 0 bridgehead atoms. The van der Waals surface area contributed by atoms with Crippen LogP contribution >= 0.6 is 43.5 Å². The quantitative estimate of drug-likeness (QED) is 0.436. The van der Waals surface area contributed by atoms with Crippen molar-refractivity contribution in [2.75, 3.05) is 13.1 Å². The lowest BCUT2D eigenvalue weighted by Gasteiger charge is -2.40. The molecule has 2 aliphatic carbocycles. The molecule has 5 rings (SSSR count). The minimum absolute atomic E-state index is 0.0192. The van der Waals surface area contributed by atoms with Crippen molar-refractivity contribution in [3.05, 3.63) is 60.7 Å². The predicted molar refractivity (Wildman–Crippen MR) is 156 cm³/mol. The van der Waals surface area contributed by atoms with Gasteiger partial charge in [-0.15, -0.1) is 0 Å². The highest BCUT2D eigenvalue weighted by Crippen LogP contribution is 2.46. The van der Waals surface area contributed by atoms with Crippen LogP contribution in [-0.2, 0) is 27.1 Å². The molecule has 3 amide bonds. The first kappa shape index (κ1) is 29.1. The van der Waals surface area contributed by atoms with Gasteiger partial charge in [0.2, 0.25) is 5.91 Å². The van der Waals surface area contributed by atoms with Crippen molar-refractivity contribution in [3.63, 3.8) is 0 Å². The van der Waals surface area contributed by atoms with Gasteiger partial charge in [-0.1, -0.05) is 27.5 Å². The Labute approximate surface area is 254 Å². The fraction of sp³-hybridized carbons (Fsp3) is 0.500. The molecule has 3 unspecified atom stereocenters. The number of aryl methyl sites for hydroxylation is 2. The zero-order valence-corrected chi connectivity index (χ0v) is 25.7. The standard InChI is InChI=1S/C28H31Br2ClN4O5/c29-18-9-16-2-1-15-10-19(31)12-20(30)23(15)24(25(16)34-13-18)14-5-7-35(8-6-14)26(36)17-3-4-21(39-27(32)37)22(11-17)40-28(33)38/h9-10,12-14,17,21-22,24H,1-8,11H2,(H2,32,37)(H2,33,38)/t17?,21?,22?,24-/m1/s1. The first-order chi connectivity index (χ1) is 19.1. The number of likely N-dealkylation sites (tertiary alicyclic amines) is 1. The van der Waals surface area contributed by atoms with Gasteiger partial charge in [0.1, 0.15) is 12.2 Å². The molecule has 0 spiro atoms. The Morgan fingerprint density at radius 2 is 1.60 bits per heavy atom. The van der Waals surface area contributed by atoms with E-state index in [1.54, 1.807) is 0 Å². The van der Waals surface area contributed by atoms with Crippen molar-refractivity contribution in [3.8, 4) is 0 Å². The van der Waals surface area contributed by atoms with E-state index in [-0.39, 0.29) is 30.1 Å². The summed E-state index contributed by atoms with van der Waals surface area (Å²) in [7, 11) is 0. The van der Waals surface area contributed by atoms with Crippen molar-refractivity contribution < 1.29 is 23.9 Å². The monoisotopic (exact) mass is 696 g/mol. The third kappa shape index (κ3) is 6.26. The Morgan fingerprint density at radius 1 is 0.925 bits per heavy atom. The number of fused-ring (bicyclic) bond motifs is 2. The van der Waals surface area contributed by atoms with E-state index >= 15 is 0 Å². The molecule has 2 heterocycles. The molecule has 4 atom stereocenters. The molecule has 1 aromatic carbocycles. The first-order valence-electron chi connectivity index (χ1n) is 13.4. The lowest BCUT2D eigenvalue weighted by Crippen LogP contribution is -2.48. The van der Waals surface area contributed by atoms with Gasteiger partial charge >= 0.3 is 12.2 Å². The number of hydrogen-bond donors (Lipinski definition) is 2. The fourth-order valence-electron chi connectivity index (χ4n) is 6.62. The number of pyridine rings is 1. The average Bonchev–Trinajstić information content (AvgIpc) is 3.05. The number of hydrogen-bond acceptors (Lipinski definition) is 6. The molecule has 1 saturated heterocycles. The molecular weight excluding hydrogens is 668 g/mol. The van der Waals surface area contributed by atoms with Gasteiger partial charge < -0.3 is 25.8 Å². The van der Waals surface area contributed by atoms with Crippen LogP contribution in [0.25, 0.3) is 0 Å². The van der Waals surface area contributed by atoms with Gasteiger partial charge in [0, 0.05) is 45.1 Å². The van der Waals surface area contributed by atoms with Crippen LogP contribution in [0.1, 0.15) is 60.4 Å². The number of piperidine rings is 1. The second kappa shape index (κ2) is 12.2. The van der Waals surface area contributed by atoms with Gasteiger partial charge in [0.15, 0.2) is 0 Å². The summed E-state index contributed by atoms with van der Waals surface area (Å²) in [5, 5.41) is 0.708. The molecule has 1 aliphatic heterocycles.